The first-order chi connectivity index (χ1) is 15.0. The van der Waals surface area contributed by atoms with Crippen molar-refractivity contribution in [2.75, 3.05) is 0 Å². The van der Waals surface area contributed by atoms with Crippen LogP contribution in [-0.4, -0.2) is 23.3 Å². The molecule has 0 bridgehead atoms. The van der Waals surface area contributed by atoms with Gasteiger partial charge in [-0.25, -0.2) is 0 Å². The minimum absolute atomic E-state index is 0.00112. The van der Waals surface area contributed by atoms with E-state index in [2.05, 4.69) is 48.5 Å². The maximum absolute atomic E-state index is 12.3. The predicted octanol–water partition coefficient (Wildman–Crippen LogP) is 7.31. The summed E-state index contributed by atoms with van der Waals surface area (Å²) in [5.41, 5.74) is 0.675. The van der Waals surface area contributed by atoms with Gasteiger partial charge in [0.2, 0.25) is 0 Å². The van der Waals surface area contributed by atoms with Gasteiger partial charge in [-0.05, 0) is 75.0 Å². The van der Waals surface area contributed by atoms with Crippen molar-refractivity contribution in [3.63, 3.8) is 0 Å². The third kappa shape index (κ3) is 2.67. The lowest BCUT2D eigenvalue weighted by Gasteiger charge is -2.60. The maximum Gasteiger partial charge on any atom is 0.306 e. The Morgan fingerprint density at radius 1 is 0.906 bits per heavy atom. The summed E-state index contributed by atoms with van der Waals surface area (Å²) < 4.78 is 13.0. The van der Waals surface area contributed by atoms with E-state index in [0.717, 1.165) is 37.0 Å². The molecule has 3 aliphatic carbocycles. The molecule has 9 atom stereocenters. The molecule has 3 nitrogen and oxygen atoms in total. The zero-order chi connectivity index (χ0) is 23.2. The zero-order valence-electron chi connectivity index (χ0n) is 21.9. The predicted molar refractivity (Wildman–Crippen MR) is 128 cm³/mol. The molecule has 0 radical (unpaired) electrons. The van der Waals surface area contributed by atoms with Gasteiger partial charge in [-0.1, -0.05) is 60.8 Å². The lowest BCUT2D eigenvalue weighted by molar-refractivity contribution is -0.151. The smallest absolute Gasteiger partial charge is 0.306 e. The average Bonchev–Trinajstić information content (AvgIpc) is 3.37. The topological polar surface area (TPSA) is 38.8 Å². The third-order valence-electron chi connectivity index (χ3n) is 12.3. The van der Waals surface area contributed by atoms with Crippen LogP contribution in [-0.2, 0) is 14.3 Å². The van der Waals surface area contributed by atoms with Gasteiger partial charge in [0, 0.05) is 23.2 Å². The molecule has 5 fully saturated rings. The van der Waals surface area contributed by atoms with Gasteiger partial charge in [0.05, 0.1) is 0 Å². The molecule has 5 rings (SSSR count). The number of carbonyl (C=O) groups is 1. The number of fused-ring (bicyclic) bond motifs is 2. The van der Waals surface area contributed by atoms with E-state index < -0.39 is 0 Å². The van der Waals surface area contributed by atoms with Crippen LogP contribution in [0.3, 0.4) is 0 Å². The first kappa shape index (κ1) is 23.2. The number of cyclic esters (lactones) is 1. The number of hydrogen-bond acceptors (Lipinski definition) is 3. The van der Waals surface area contributed by atoms with Crippen molar-refractivity contribution in [3.05, 3.63) is 0 Å². The fourth-order valence-electron chi connectivity index (χ4n) is 10.3. The second kappa shape index (κ2) is 7.22. The van der Waals surface area contributed by atoms with Crippen molar-refractivity contribution < 1.29 is 14.3 Å². The Morgan fingerprint density at radius 2 is 1.66 bits per heavy atom. The molecule has 3 saturated carbocycles. The minimum atomic E-state index is -0.0326. The lowest BCUT2D eigenvalue weighted by atomic mass is 9.41. The quantitative estimate of drug-likeness (QED) is 0.329. The Balaban J connectivity index is 1.44. The maximum atomic E-state index is 12.3. The van der Waals surface area contributed by atoms with Gasteiger partial charge in [0.25, 0.3) is 0 Å². The van der Waals surface area contributed by atoms with Crippen LogP contribution in [0.15, 0.2) is 0 Å². The first-order valence-electron chi connectivity index (χ1n) is 13.9. The zero-order valence-corrected chi connectivity index (χ0v) is 21.9. The Bertz CT molecular complexity index is 776. The van der Waals surface area contributed by atoms with Gasteiger partial charge in [-0.15, -0.1) is 0 Å². The van der Waals surface area contributed by atoms with E-state index in [9.17, 15) is 4.79 Å². The molecule has 2 aliphatic heterocycles. The standard InChI is InChI=1S/C29H48O3/c1-19(2)9-8-10-20(3)22-11-15-27(7)25(22,5)17-18-28-26(6)14-13-24(30)31-21(4)23(26)12-16-29(27,28)32-28/h19-23H,8-18H2,1-7H3/t20?,21-,22+,23-,25+,26-,27+,28-,29-/m0/s1. The van der Waals surface area contributed by atoms with E-state index in [0.29, 0.717) is 17.8 Å². The highest BCUT2D eigenvalue weighted by Crippen LogP contribution is 2.85. The molecule has 0 aromatic heterocycles. The van der Waals surface area contributed by atoms with Crippen molar-refractivity contribution in [1.29, 1.82) is 0 Å². The van der Waals surface area contributed by atoms with Gasteiger partial charge >= 0.3 is 5.97 Å². The average molecular weight is 445 g/mol. The molecule has 3 heteroatoms. The molecule has 1 unspecified atom stereocenters. The van der Waals surface area contributed by atoms with Gasteiger partial charge < -0.3 is 9.47 Å². The van der Waals surface area contributed by atoms with E-state index in [1.54, 1.807) is 0 Å². The van der Waals surface area contributed by atoms with Gasteiger partial charge in [0.1, 0.15) is 17.3 Å². The largest absolute Gasteiger partial charge is 0.462 e. The molecule has 0 spiro atoms. The Morgan fingerprint density at radius 3 is 2.38 bits per heavy atom. The van der Waals surface area contributed by atoms with Crippen molar-refractivity contribution in [1.82, 2.24) is 0 Å². The van der Waals surface area contributed by atoms with Crippen LogP contribution in [0.25, 0.3) is 0 Å². The fourth-order valence-corrected chi connectivity index (χ4v) is 10.3. The first-order valence-corrected chi connectivity index (χ1v) is 13.9. The number of esters is 1. The number of ether oxygens (including phenoxy) is 2. The number of hydrogen-bond donors (Lipinski definition) is 0. The molecule has 182 valence electrons. The van der Waals surface area contributed by atoms with E-state index in [4.69, 9.17) is 9.47 Å². The molecule has 0 N–H and O–H groups in total. The summed E-state index contributed by atoms with van der Waals surface area (Å²) in [4.78, 5) is 12.3. The lowest BCUT2D eigenvalue weighted by Crippen LogP contribution is -2.63. The SMILES string of the molecule is CC(C)CCCC(C)[C@H]1CC[C@@]2(C)[C@@]34CC[C@H]5[C@H](C)OC(=O)CC[C@]5(C)[C@]3(CC[C@]12C)O4. The van der Waals surface area contributed by atoms with Crippen molar-refractivity contribution in [2.45, 2.75) is 136 Å². The highest BCUT2D eigenvalue weighted by Gasteiger charge is 2.89. The molecule has 0 aromatic carbocycles. The second-order valence-corrected chi connectivity index (χ2v) is 13.7. The van der Waals surface area contributed by atoms with Crippen molar-refractivity contribution in [2.24, 2.45) is 39.9 Å². The monoisotopic (exact) mass is 444 g/mol. The molecular formula is C29H48O3. The molecule has 0 amide bonds. The molecule has 32 heavy (non-hydrogen) atoms. The minimum Gasteiger partial charge on any atom is -0.462 e. The van der Waals surface area contributed by atoms with E-state index in [1.807, 2.05) is 0 Å². The van der Waals surface area contributed by atoms with Gasteiger partial charge in [-0.3, -0.25) is 4.79 Å². The number of carbonyl (C=O) groups excluding carboxylic acids is 1. The van der Waals surface area contributed by atoms with Gasteiger partial charge in [-0.2, -0.15) is 0 Å². The Hall–Kier alpha value is -0.570. The Kier molecular flexibility index (Phi) is 5.23. The highest BCUT2D eigenvalue weighted by molar-refractivity contribution is 5.70. The normalized spacial score (nSPS) is 52.9. The second-order valence-electron chi connectivity index (χ2n) is 13.7. The van der Waals surface area contributed by atoms with Crippen LogP contribution < -0.4 is 0 Å². The summed E-state index contributed by atoms with van der Waals surface area (Å²) in [7, 11) is 0. The van der Waals surface area contributed by atoms with Gasteiger partial charge in [0.15, 0.2) is 0 Å². The third-order valence-corrected chi connectivity index (χ3v) is 12.3. The van der Waals surface area contributed by atoms with E-state index in [-0.39, 0.29) is 34.1 Å². The summed E-state index contributed by atoms with van der Waals surface area (Å²) in [6.45, 7) is 17.1. The molecule has 2 heterocycles. The summed E-state index contributed by atoms with van der Waals surface area (Å²) in [6.07, 6.45) is 13.1. The van der Waals surface area contributed by atoms with E-state index >= 15 is 0 Å². The molecule has 5 aliphatic rings. The summed E-state index contributed by atoms with van der Waals surface area (Å²) in [5, 5.41) is 0. The molecule has 2 saturated heterocycles. The Labute approximate surface area is 196 Å². The van der Waals surface area contributed by atoms with Crippen molar-refractivity contribution in [3.8, 4) is 0 Å². The van der Waals surface area contributed by atoms with Crippen LogP contribution in [0.5, 0.6) is 0 Å². The number of epoxide rings is 1. The van der Waals surface area contributed by atoms with Crippen LogP contribution in [0.1, 0.15) is 119 Å². The highest BCUT2D eigenvalue weighted by atomic mass is 16.6. The van der Waals surface area contributed by atoms with Crippen LogP contribution in [0, 0.1) is 39.9 Å². The summed E-state index contributed by atoms with van der Waals surface area (Å²) in [5.74, 6) is 2.87. The fraction of sp³-hybridized carbons (Fsp3) is 0.966. The van der Waals surface area contributed by atoms with Crippen molar-refractivity contribution >= 4 is 5.97 Å². The van der Waals surface area contributed by atoms with Crippen LogP contribution >= 0.6 is 0 Å². The van der Waals surface area contributed by atoms with E-state index in [1.165, 1.54) is 44.9 Å². The van der Waals surface area contributed by atoms with Crippen LogP contribution in [0.2, 0.25) is 0 Å². The molecular weight excluding hydrogens is 396 g/mol. The van der Waals surface area contributed by atoms with Crippen LogP contribution in [0.4, 0.5) is 0 Å². The number of rotatable bonds is 5. The summed E-state index contributed by atoms with van der Waals surface area (Å²) in [6, 6.07) is 0. The summed E-state index contributed by atoms with van der Waals surface area (Å²) >= 11 is 0. The molecule has 0 aromatic rings.